The Morgan fingerprint density at radius 2 is 1.87 bits per heavy atom. The summed E-state index contributed by atoms with van der Waals surface area (Å²) in [7, 11) is -3.22. The summed E-state index contributed by atoms with van der Waals surface area (Å²) in [4.78, 5) is 13.5. The topological polar surface area (TPSA) is 116 Å². The Hall–Kier alpha value is -3.67. The number of rotatable bonds is 6. The lowest BCUT2D eigenvalue weighted by atomic mass is 9.66. The third kappa shape index (κ3) is 3.79. The first-order chi connectivity index (χ1) is 18.4. The van der Waals surface area contributed by atoms with Crippen LogP contribution in [0.1, 0.15) is 62.3 Å². The molecule has 0 amide bonds. The SMILES string of the molecule is C[C@@H](Cc1ncn(-c2nccc([C@]34CC[C@@H](c5cc(-c6c(F)cccc6F)nnc53)C4(C)C)n2)n1)S(C)(=O)=O. The van der Waals surface area contributed by atoms with Crippen molar-refractivity contribution in [3.05, 3.63) is 77.3 Å². The third-order valence-electron chi connectivity index (χ3n) is 8.63. The van der Waals surface area contributed by atoms with Gasteiger partial charge in [-0.1, -0.05) is 19.9 Å². The van der Waals surface area contributed by atoms with Crippen LogP contribution in [0.3, 0.4) is 0 Å². The van der Waals surface area contributed by atoms with Crippen molar-refractivity contribution in [2.75, 3.05) is 6.26 Å². The molecule has 202 valence electrons. The van der Waals surface area contributed by atoms with E-state index >= 15 is 0 Å². The standard InChI is InChI=1S/C27H27F2N7O2S/c1-15(39(4,37)38)12-22-31-14-36(35-22)25-30-11-9-21(32-25)27-10-8-17(26(27,2)3)16-13-20(33-34-24(16)27)23-18(28)6-5-7-19(23)29/h5-7,9,11,13-15,17H,8,10,12H2,1-4H3/t15-,17-,27+/m0/s1. The Balaban J connectivity index is 1.41. The summed E-state index contributed by atoms with van der Waals surface area (Å²) >= 11 is 0. The van der Waals surface area contributed by atoms with Gasteiger partial charge < -0.3 is 0 Å². The molecule has 4 aromatic rings. The Morgan fingerprint density at radius 1 is 1.13 bits per heavy atom. The number of halogens is 2. The number of hydrogen-bond donors (Lipinski definition) is 0. The lowest BCUT2D eigenvalue weighted by molar-refractivity contribution is 0.242. The molecule has 0 unspecified atom stereocenters. The van der Waals surface area contributed by atoms with E-state index in [4.69, 9.17) is 4.98 Å². The molecule has 2 aliphatic rings. The molecule has 3 atom stereocenters. The summed E-state index contributed by atoms with van der Waals surface area (Å²) in [5.74, 6) is -0.574. The molecule has 0 N–H and O–H groups in total. The summed E-state index contributed by atoms with van der Waals surface area (Å²) in [5.41, 5.74) is 1.54. The molecule has 1 saturated carbocycles. The van der Waals surface area contributed by atoms with E-state index in [0.717, 1.165) is 29.8 Å². The van der Waals surface area contributed by atoms with E-state index < -0.39 is 32.1 Å². The molecular formula is C27H27F2N7O2S. The van der Waals surface area contributed by atoms with Gasteiger partial charge in [-0.3, -0.25) is 0 Å². The monoisotopic (exact) mass is 551 g/mol. The highest BCUT2D eigenvalue weighted by molar-refractivity contribution is 7.91. The fourth-order valence-electron chi connectivity index (χ4n) is 6.35. The minimum Gasteiger partial charge on any atom is -0.229 e. The van der Waals surface area contributed by atoms with E-state index in [9.17, 15) is 17.2 Å². The number of sulfone groups is 1. The maximum Gasteiger partial charge on any atom is 0.252 e. The predicted molar refractivity (Wildman–Crippen MR) is 139 cm³/mol. The highest BCUT2D eigenvalue weighted by atomic mass is 32.2. The molecule has 6 rings (SSSR count). The second-order valence-corrected chi connectivity index (χ2v) is 13.5. The van der Waals surface area contributed by atoms with Crippen LogP contribution in [-0.4, -0.2) is 54.9 Å². The van der Waals surface area contributed by atoms with Gasteiger partial charge in [0.05, 0.1) is 33.3 Å². The van der Waals surface area contributed by atoms with Gasteiger partial charge in [0, 0.05) is 18.9 Å². The van der Waals surface area contributed by atoms with E-state index in [2.05, 4.69) is 39.1 Å². The number of aromatic nitrogens is 7. The molecule has 2 aliphatic carbocycles. The average Bonchev–Trinajstić information content (AvgIpc) is 3.51. The number of hydrogen-bond acceptors (Lipinski definition) is 8. The van der Waals surface area contributed by atoms with Crippen LogP contribution in [0.4, 0.5) is 8.78 Å². The van der Waals surface area contributed by atoms with E-state index in [-0.39, 0.29) is 29.0 Å². The van der Waals surface area contributed by atoms with Crippen molar-refractivity contribution >= 4 is 9.84 Å². The smallest absolute Gasteiger partial charge is 0.229 e. The van der Waals surface area contributed by atoms with Crippen LogP contribution in [0.2, 0.25) is 0 Å². The highest BCUT2D eigenvalue weighted by Gasteiger charge is 2.65. The van der Waals surface area contributed by atoms with Crippen LogP contribution in [0, 0.1) is 17.0 Å². The Labute approximate surface area is 224 Å². The predicted octanol–water partition coefficient (Wildman–Crippen LogP) is 3.97. The van der Waals surface area contributed by atoms with Crippen molar-refractivity contribution in [2.45, 2.75) is 56.6 Å². The van der Waals surface area contributed by atoms with Crippen LogP contribution in [-0.2, 0) is 21.7 Å². The molecule has 0 saturated heterocycles. The zero-order valence-corrected chi connectivity index (χ0v) is 22.7. The van der Waals surface area contributed by atoms with Gasteiger partial charge in [0.2, 0.25) is 0 Å². The summed E-state index contributed by atoms with van der Waals surface area (Å²) < 4.78 is 54.2. The van der Waals surface area contributed by atoms with Crippen molar-refractivity contribution in [1.82, 2.24) is 34.9 Å². The summed E-state index contributed by atoms with van der Waals surface area (Å²) in [6.45, 7) is 5.95. The molecule has 0 radical (unpaired) electrons. The largest absolute Gasteiger partial charge is 0.252 e. The first kappa shape index (κ1) is 25.6. The van der Waals surface area contributed by atoms with Gasteiger partial charge in [0.25, 0.3) is 5.95 Å². The third-order valence-corrected chi connectivity index (χ3v) is 10.3. The zero-order valence-electron chi connectivity index (χ0n) is 21.9. The number of nitrogens with zero attached hydrogens (tertiary/aromatic N) is 7. The van der Waals surface area contributed by atoms with Crippen LogP contribution < -0.4 is 0 Å². The van der Waals surface area contributed by atoms with Crippen LogP contribution in [0.15, 0.2) is 42.9 Å². The lowest BCUT2D eigenvalue weighted by Crippen LogP contribution is -2.38. The molecule has 39 heavy (non-hydrogen) atoms. The summed E-state index contributed by atoms with van der Waals surface area (Å²) in [6.07, 6.45) is 6.14. The first-order valence-electron chi connectivity index (χ1n) is 12.7. The van der Waals surface area contributed by atoms with Gasteiger partial charge in [-0.05, 0) is 60.9 Å². The van der Waals surface area contributed by atoms with Crippen molar-refractivity contribution in [3.63, 3.8) is 0 Å². The van der Waals surface area contributed by atoms with E-state index in [1.54, 1.807) is 19.2 Å². The van der Waals surface area contributed by atoms with Gasteiger partial charge in [-0.15, -0.1) is 10.2 Å². The van der Waals surface area contributed by atoms with Gasteiger partial charge in [-0.25, -0.2) is 32.2 Å². The van der Waals surface area contributed by atoms with Crippen LogP contribution in [0.25, 0.3) is 17.2 Å². The second kappa shape index (κ2) is 8.67. The molecule has 3 heterocycles. The number of fused-ring (bicyclic) bond motifs is 5. The quantitative estimate of drug-likeness (QED) is 0.353. The normalized spacial score (nSPS) is 22.2. The fraction of sp³-hybridized carbons (Fsp3) is 0.407. The lowest BCUT2D eigenvalue weighted by Gasteiger charge is -2.37. The van der Waals surface area contributed by atoms with E-state index in [0.29, 0.717) is 11.8 Å². The van der Waals surface area contributed by atoms with Crippen molar-refractivity contribution in [1.29, 1.82) is 0 Å². The summed E-state index contributed by atoms with van der Waals surface area (Å²) in [6, 6.07) is 7.38. The van der Waals surface area contributed by atoms with Crippen LogP contribution in [0.5, 0.6) is 0 Å². The van der Waals surface area contributed by atoms with Gasteiger partial charge in [0.15, 0.2) is 5.82 Å². The molecule has 1 aromatic carbocycles. The molecule has 3 aromatic heterocycles. The molecule has 12 heteroatoms. The molecule has 0 aliphatic heterocycles. The van der Waals surface area contributed by atoms with E-state index in [1.807, 2.05) is 6.07 Å². The fourth-order valence-corrected chi connectivity index (χ4v) is 6.80. The Kier molecular flexibility index (Phi) is 5.69. The van der Waals surface area contributed by atoms with Gasteiger partial charge in [0.1, 0.15) is 27.8 Å². The summed E-state index contributed by atoms with van der Waals surface area (Å²) in [5, 5.41) is 12.7. The average molecular weight is 552 g/mol. The molecule has 1 fully saturated rings. The van der Waals surface area contributed by atoms with Crippen molar-refractivity contribution in [3.8, 4) is 17.2 Å². The van der Waals surface area contributed by atoms with Crippen LogP contribution >= 0.6 is 0 Å². The molecule has 9 nitrogen and oxygen atoms in total. The first-order valence-corrected chi connectivity index (χ1v) is 14.6. The Bertz CT molecular complexity index is 1700. The van der Waals surface area contributed by atoms with Crippen molar-refractivity contribution < 1.29 is 17.2 Å². The maximum atomic E-state index is 14.5. The minimum absolute atomic E-state index is 0.102. The molecule has 2 bridgehead atoms. The molecule has 0 spiro atoms. The highest BCUT2D eigenvalue weighted by Crippen LogP contribution is 2.69. The van der Waals surface area contributed by atoms with E-state index in [1.165, 1.54) is 35.5 Å². The van der Waals surface area contributed by atoms with Crippen molar-refractivity contribution in [2.24, 2.45) is 5.41 Å². The van der Waals surface area contributed by atoms with Gasteiger partial charge >= 0.3 is 0 Å². The molecular weight excluding hydrogens is 524 g/mol. The Morgan fingerprint density at radius 3 is 2.59 bits per heavy atom. The minimum atomic E-state index is -3.22. The van der Waals surface area contributed by atoms with Gasteiger partial charge in [-0.2, -0.15) is 9.78 Å². The maximum absolute atomic E-state index is 14.5. The zero-order chi connectivity index (χ0) is 27.7. The second-order valence-electron chi connectivity index (χ2n) is 11.0. The number of benzene rings is 1.